The molecule has 2 bridgehead atoms. The molecule has 5 rings (SSSR count). The van der Waals surface area contributed by atoms with Gasteiger partial charge in [0.2, 0.25) is 0 Å². The summed E-state index contributed by atoms with van der Waals surface area (Å²) in [6, 6.07) is 5.55. The lowest BCUT2D eigenvalue weighted by molar-refractivity contribution is -0.0575. The molecule has 25 heavy (non-hydrogen) atoms. The zero-order valence-electron chi connectivity index (χ0n) is 17.2. The second kappa shape index (κ2) is 5.46. The molecule has 1 saturated carbocycles. The van der Waals surface area contributed by atoms with E-state index in [1.807, 2.05) is 13.8 Å². The number of allylic oxidation sites excluding steroid dienone is 1. The molecule has 3 aliphatic carbocycles. The van der Waals surface area contributed by atoms with Crippen molar-refractivity contribution in [1.82, 2.24) is 4.90 Å². The number of fused-ring (bicyclic) bond motifs is 1. The summed E-state index contributed by atoms with van der Waals surface area (Å²) >= 11 is 0. The van der Waals surface area contributed by atoms with Crippen molar-refractivity contribution < 1.29 is 0 Å². The lowest BCUT2D eigenvalue weighted by Gasteiger charge is -2.65. The third-order valence-electron chi connectivity index (χ3n) is 8.34. The highest BCUT2D eigenvalue weighted by molar-refractivity contribution is 5.54. The molecular weight excluding hydrogens is 302 g/mol. The Kier molecular flexibility index (Phi) is 3.79. The molecule has 0 radical (unpaired) electrons. The average molecular weight is 338 g/mol. The van der Waals surface area contributed by atoms with E-state index in [1.54, 1.807) is 16.7 Å². The van der Waals surface area contributed by atoms with Gasteiger partial charge in [0, 0.05) is 23.4 Å². The van der Waals surface area contributed by atoms with Crippen molar-refractivity contribution in [3.63, 3.8) is 0 Å². The first kappa shape index (κ1) is 17.3. The molecule has 0 amide bonds. The molecule has 1 aromatic carbocycles. The Morgan fingerprint density at radius 2 is 1.84 bits per heavy atom. The van der Waals surface area contributed by atoms with E-state index in [0.29, 0.717) is 16.7 Å². The van der Waals surface area contributed by atoms with E-state index in [9.17, 15) is 0 Å². The van der Waals surface area contributed by atoms with Gasteiger partial charge in [-0.2, -0.15) is 0 Å². The van der Waals surface area contributed by atoms with Gasteiger partial charge in [0.15, 0.2) is 0 Å². The fraction of sp³-hybridized carbons (Fsp3) is 0.667. The predicted octanol–water partition coefficient (Wildman–Crippen LogP) is 5.29. The van der Waals surface area contributed by atoms with Crippen molar-refractivity contribution >= 4 is 0 Å². The van der Waals surface area contributed by atoms with Gasteiger partial charge in [-0.3, -0.25) is 0 Å². The standard InChI is InChI=1S/C22H29N.C2H6/c1-13-6-7-17-10-18-20-21(12-23(18)5)9-8-14(2)16(4)22(20,11-21)19(17)15(13)3;1-2/h6-9,14,16,18,20H,10-12H2,1-5H3;1-2H3. The number of nitrogens with zero attached hydrogens (tertiary/aromatic N) is 1. The Morgan fingerprint density at radius 3 is 2.56 bits per heavy atom. The number of benzene rings is 1. The highest BCUT2D eigenvalue weighted by Gasteiger charge is 2.73. The van der Waals surface area contributed by atoms with Crippen LogP contribution in [0.1, 0.15) is 56.4 Å². The molecule has 6 unspecified atom stereocenters. The Bertz CT molecular complexity index is 732. The smallest absolute Gasteiger partial charge is 0.0179 e. The Morgan fingerprint density at radius 1 is 1.12 bits per heavy atom. The molecule has 136 valence electrons. The van der Waals surface area contributed by atoms with Gasteiger partial charge in [-0.1, -0.05) is 52.0 Å². The molecule has 1 saturated heterocycles. The van der Waals surface area contributed by atoms with Crippen molar-refractivity contribution in [2.45, 2.75) is 65.8 Å². The van der Waals surface area contributed by atoms with E-state index in [0.717, 1.165) is 17.9 Å². The molecule has 4 aliphatic rings. The summed E-state index contributed by atoms with van der Waals surface area (Å²) in [4.78, 5) is 2.68. The number of aryl methyl sites for hydroxylation is 1. The highest BCUT2D eigenvalue weighted by Crippen LogP contribution is 2.74. The van der Waals surface area contributed by atoms with Gasteiger partial charge in [-0.05, 0) is 73.7 Å². The normalized spacial score (nSPS) is 43.3. The maximum absolute atomic E-state index is 2.68. The number of rotatable bonds is 0. The minimum absolute atomic E-state index is 0.419. The van der Waals surface area contributed by atoms with Crippen LogP contribution >= 0.6 is 0 Å². The van der Waals surface area contributed by atoms with Gasteiger partial charge >= 0.3 is 0 Å². The van der Waals surface area contributed by atoms with E-state index >= 15 is 0 Å². The first-order valence-electron chi connectivity index (χ1n) is 10.4. The summed E-state index contributed by atoms with van der Waals surface area (Å²) in [5.74, 6) is 2.27. The van der Waals surface area contributed by atoms with Crippen molar-refractivity contribution in [2.24, 2.45) is 23.2 Å². The van der Waals surface area contributed by atoms with Gasteiger partial charge in [-0.25, -0.2) is 0 Å². The third kappa shape index (κ3) is 1.89. The molecule has 2 spiro atoms. The second-order valence-corrected chi connectivity index (χ2v) is 9.16. The van der Waals surface area contributed by atoms with Crippen LogP contribution in [0, 0.1) is 37.0 Å². The molecule has 1 heteroatoms. The van der Waals surface area contributed by atoms with Gasteiger partial charge in [0.25, 0.3) is 0 Å². The number of likely N-dealkylation sites (N-methyl/N-ethyl adjacent to an activating group) is 1. The number of hydrogen-bond donors (Lipinski definition) is 0. The summed E-state index contributed by atoms with van der Waals surface area (Å²) in [5.41, 5.74) is 7.36. The highest BCUT2D eigenvalue weighted by atomic mass is 15.2. The lowest BCUT2D eigenvalue weighted by atomic mass is 9.37. The van der Waals surface area contributed by atoms with Crippen LogP contribution in [-0.4, -0.2) is 24.5 Å². The van der Waals surface area contributed by atoms with Gasteiger partial charge in [0.1, 0.15) is 0 Å². The Labute approximate surface area is 154 Å². The van der Waals surface area contributed by atoms with Crippen molar-refractivity contribution in [2.75, 3.05) is 13.6 Å². The van der Waals surface area contributed by atoms with Crippen LogP contribution < -0.4 is 0 Å². The largest absolute Gasteiger partial charge is 0.302 e. The first-order valence-corrected chi connectivity index (χ1v) is 10.4. The molecule has 1 heterocycles. The summed E-state index contributed by atoms with van der Waals surface area (Å²) in [6.07, 6.45) is 7.83. The van der Waals surface area contributed by atoms with Crippen LogP contribution in [0.5, 0.6) is 0 Å². The second-order valence-electron chi connectivity index (χ2n) is 9.16. The summed E-state index contributed by atoms with van der Waals surface area (Å²) in [6.45, 7) is 14.9. The zero-order chi connectivity index (χ0) is 18.1. The minimum atomic E-state index is 0.419. The van der Waals surface area contributed by atoms with Gasteiger partial charge < -0.3 is 4.90 Å². The minimum Gasteiger partial charge on any atom is -0.302 e. The van der Waals surface area contributed by atoms with E-state index in [-0.39, 0.29) is 0 Å². The summed E-state index contributed by atoms with van der Waals surface area (Å²) < 4.78 is 0. The van der Waals surface area contributed by atoms with Crippen LogP contribution in [0.15, 0.2) is 24.3 Å². The van der Waals surface area contributed by atoms with E-state index in [2.05, 4.69) is 63.9 Å². The predicted molar refractivity (Wildman–Crippen MR) is 107 cm³/mol. The fourth-order valence-corrected chi connectivity index (χ4v) is 7.16. The molecule has 6 atom stereocenters. The van der Waals surface area contributed by atoms with Crippen molar-refractivity contribution in [3.8, 4) is 0 Å². The average Bonchev–Trinajstić information content (AvgIpc) is 2.73. The molecular formula is C24H35N. The van der Waals surface area contributed by atoms with Crippen LogP contribution in [0.4, 0.5) is 0 Å². The van der Waals surface area contributed by atoms with E-state index < -0.39 is 0 Å². The zero-order valence-corrected chi connectivity index (χ0v) is 17.2. The monoisotopic (exact) mass is 337 g/mol. The maximum Gasteiger partial charge on any atom is 0.0179 e. The fourth-order valence-electron chi connectivity index (χ4n) is 7.16. The topological polar surface area (TPSA) is 3.24 Å². The summed E-state index contributed by atoms with van der Waals surface area (Å²) in [7, 11) is 2.37. The first-order chi connectivity index (χ1) is 11.9. The molecule has 1 aromatic rings. The summed E-state index contributed by atoms with van der Waals surface area (Å²) in [5, 5.41) is 0. The van der Waals surface area contributed by atoms with Crippen LogP contribution in [-0.2, 0) is 11.8 Å². The third-order valence-corrected chi connectivity index (χ3v) is 8.34. The number of likely N-dealkylation sites (tertiary alicyclic amines) is 1. The maximum atomic E-state index is 2.68. The van der Waals surface area contributed by atoms with Crippen molar-refractivity contribution in [1.29, 1.82) is 0 Å². The van der Waals surface area contributed by atoms with Crippen LogP contribution in [0.3, 0.4) is 0 Å². The lowest BCUT2D eigenvalue weighted by Crippen LogP contribution is -2.65. The van der Waals surface area contributed by atoms with E-state index in [4.69, 9.17) is 0 Å². The molecule has 2 fully saturated rings. The quantitative estimate of drug-likeness (QED) is 0.582. The van der Waals surface area contributed by atoms with Gasteiger partial charge in [-0.15, -0.1) is 0 Å². The van der Waals surface area contributed by atoms with E-state index in [1.165, 1.54) is 24.9 Å². The van der Waals surface area contributed by atoms with Crippen LogP contribution in [0.25, 0.3) is 0 Å². The molecule has 1 aliphatic heterocycles. The number of hydrogen-bond acceptors (Lipinski definition) is 1. The molecule has 0 N–H and O–H groups in total. The van der Waals surface area contributed by atoms with Gasteiger partial charge in [0.05, 0.1) is 0 Å². The Hall–Kier alpha value is -1.08. The SMILES string of the molecule is CC.Cc1ccc2c(c1C)C13CC4(C=CC(C)C1C)CN(C)C(C2)C43. The van der Waals surface area contributed by atoms with Crippen LogP contribution in [0.2, 0.25) is 0 Å². The van der Waals surface area contributed by atoms with Crippen molar-refractivity contribution in [3.05, 3.63) is 46.5 Å². The Balaban J connectivity index is 0.000000758. The molecule has 0 aromatic heterocycles. The molecule has 1 nitrogen and oxygen atoms in total.